The number of halogens is 2. The molecule has 1 aliphatic rings. The fourth-order valence-corrected chi connectivity index (χ4v) is 2.11. The van der Waals surface area contributed by atoms with Crippen molar-refractivity contribution < 1.29 is 8.78 Å². The third-order valence-corrected chi connectivity index (χ3v) is 3.20. The smallest absolute Gasteiger partial charge is 0.258 e. The second-order valence-corrected chi connectivity index (χ2v) is 4.72. The van der Waals surface area contributed by atoms with Crippen LogP contribution >= 0.6 is 0 Å². The molecule has 18 heavy (non-hydrogen) atoms. The number of pyridine rings is 1. The second-order valence-electron chi connectivity index (χ2n) is 4.72. The Bertz CT molecular complexity index is 361. The number of nitrogens with zero attached hydrogens (tertiary/aromatic N) is 2. The predicted octanol–water partition coefficient (Wildman–Crippen LogP) is 3.14. The molecule has 2 rings (SSSR count). The molecule has 0 radical (unpaired) electrons. The third kappa shape index (κ3) is 3.31. The molecular weight excluding hydrogens is 236 g/mol. The summed E-state index contributed by atoms with van der Waals surface area (Å²) in [5.74, 6) is 0.935. The van der Waals surface area contributed by atoms with Gasteiger partial charge >= 0.3 is 0 Å². The molecule has 0 saturated carbocycles. The Kier molecular flexibility index (Phi) is 4.33. The van der Waals surface area contributed by atoms with Crippen molar-refractivity contribution in [2.45, 2.75) is 38.7 Å². The molecule has 1 aromatic heterocycles. The number of alkyl halides is 2. The largest absolute Gasteiger partial charge is 0.376 e. The summed E-state index contributed by atoms with van der Waals surface area (Å²) < 4.78 is 24.8. The summed E-state index contributed by atoms with van der Waals surface area (Å²) >= 11 is 0. The quantitative estimate of drug-likeness (QED) is 0.896. The number of hydrogen-bond donors (Lipinski definition) is 1. The summed E-state index contributed by atoms with van der Waals surface area (Å²) in [6.45, 7) is 3.53. The van der Waals surface area contributed by atoms with Gasteiger partial charge in [0.2, 0.25) is 0 Å². The van der Waals surface area contributed by atoms with Crippen LogP contribution in [0.5, 0.6) is 0 Å². The monoisotopic (exact) mass is 255 g/mol. The molecule has 0 aromatic carbocycles. The van der Waals surface area contributed by atoms with Crippen molar-refractivity contribution in [3.05, 3.63) is 18.3 Å². The van der Waals surface area contributed by atoms with Gasteiger partial charge in [-0.05, 0) is 38.3 Å². The Morgan fingerprint density at radius 1 is 1.22 bits per heavy atom. The molecule has 100 valence electrons. The lowest BCUT2D eigenvalue weighted by Gasteiger charge is -2.27. The maximum atomic E-state index is 12.4. The van der Waals surface area contributed by atoms with E-state index in [0.717, 1.165) is 18.9 Å². The van der Waals surface area contributed by atoms with Gasteiger partial charge in [0.1, 0.15) is 5.82 Å². The number of aromatic nitrogens is 1. The molecular formula is C13H19F2N3. The van der Waals surface area contributed by atoms with E-state index in [1.807, 2.05) is 12.1 Å². The van der Waals surface area contributed by atoms with Gasteiger partial charge < -0.3 is 10.2 Å². The topological polar surface area (TPSA) is 28.2 Å². The maximum absolute atomic E-state index is 12.4. The number of piperidine rings is 1. The maximum Gasteiger partial charge on any atom is 0.258 e. The minimum Gasteiger partial charge on any atom is -0.376 e. The van der Waals surface area contributed by atoms with E-state index in [9.17, 15) is 8.78 Å². The SMILES string of the molecule is CC(Nc1ccc(N2CCCCC2)nc1)C(F)F. The van der Waals surface area contributed by atoms with Crippen LogP contribution in [0.15, 0.2) is 18.3 Å². The van der Waals surface area contributed by atoms with E-state index in [4.69, 9.17) is 0 Å². The van der Waals surface area contributed by atoms with Gasteiger partial charge in [0.25, 0.3) is 6.43 Å². The molecule has 0 spiro atoms. The highest BCUT2D eigenvalue weighted by Crippen LogP contribution is 2.19. The zero-order valence-electron chi connectivity index (χ0n) is 10.6. The van der Waals surface area contributed by atoms with E-state index >= 15 is 0 Å². The van der Waals surface area contributed by atoms with Gasteiger partial charge in [-0.15, -0.1) is 0 Å². The molecule has 0 amide bonds. The van der Waals surface area contributed by atoms with Crippen LogP contribution in [-0.4, -0.2) is 30.5 Å². The molecule has 1 atom stereocenters. The Morgan fingerprint density at radius 2 is 1.94 bits per heavy atom. The van der Waals surface area contributed by atoms with Gasteiger partial charge in [-0.1, -0.05) is 0 Å². The Hall–Kier alpha value is -1.39. The predicted molar refractivity (Wildman–Crippen MR) is 69.4 cm³/mol. The standard InChI is InChI=1S/C13H19F2N3/c1-10(13(14)15)17-11-5-6-12(16-9-11)18-7-3-2-4-8-18/h5-6,9-10,13,17H,2-4,7-8H2,1H3. The summed E-state index contributed by atoms with van der Waals surface area (Å²) in [7, 11) is 0. The lowest BCUT2D eigenvalue weighted by molar-refractivity contribution is 0.130. The zero-order chi connectivity index (χ0) is 13.0. The van der Waals surface area contributed by atoms with Crippen molar-refractivity contribution >= 4 is 11.5 Å². The lowest BCUT2D eigenvalue weighted by Crippen LogP contribution is -2.30. The summed E-state index contributed by atoms with van der Waals surface area (Å²) in [4.78, 5) is 6.57. The normalized spacial score (nSPS) is 17.9. The van der Waals surface area contributed by atoms with Crippen molar-refractivity contribution in [2.75, 3.05) is 23.3 Å². The van der Waals surface area contributed by atoms with E-state index in [-0.39, 0.29) is 0 Å². The number of hydrogen-bond acceptors (Lipinski definition) is 3. The average molecular weight is 255 g/mol. The average Bonchev–Trinajstić information content (AvgIpc) is 2.40. The van der Waals surface area contributed by atoms with Gasteiger partial charge in [-0.25, -0.2) is 13.8 Å². The van der Waals surface area contributed by atoms with E-state index in [2.05, 4.69) is 15.2 Å². The van der Waals surface area contributed by atoms with Crippen LogP contribution in [0.3, 0.4) is 0 Å². The molecule has 1 unspecified atom stereocenters. The van der Waals surface area contributed by atoms with Crippen molar-refractivity contribution in [1.29, 1.82) is 0 Å². The molecule has 0 bridgehead atoms. The molecule has 2 heterocycles. The second kappa shape index (κ2) is 5.98. The van der Waals surface area contributed by atoms with Crippen molar-refractivity contribution in [3.8, 4) is 0 Å². The first-order chi connectivity index (χ1) is 8.66. The fourth-order valence-electron chi connectivity index (χ4n) is 2.11. The first-order valence-electron chi connectivity index (χ1n) is 6.42. The van der Waals surface area contributed by atoms with Gasteiger partial charge in [-0.3, -0.25) is 0 Å². The summed E-state index contributed by atoms with van der Waals surface area (Å²) in [5, 5.41) is 2.74. The van der Waals surface area contributed by atoms with Crippen LogP contribution in [0, 0.1) is 0 Å². The minimum absolute atomic E-state index is 0.642. The van der Waals surface area contributed by atoms with Crippen LogP contribution in [0.25, 0.3) is 0 Å². The van der Waals surface area contributed by atoms with Crippen LogP contribution in [0.1, 0.15) is 26.2 Å². The molecule has 0 aliphatic carbocycles. The van der Waals surface area contributed by atoms with E-state index in [0.29, 0.717) is 5.69 Å². The van der Waals surface area contributed by atoms with E-state index < -0.39 is 12.5 Å². The van der Waals surface area contributed by atoms with Crippen LogP contribution in [-0.2, 0) is 0 Å². The van der Waals surface area contributed by atoms with Gasteiger partial charge in [-0.2, -0.15) is 0 Å². The molecule has 1 saturated heterocycles. The van der Waals surface area contributed by atoms with Gasteiger partial charge in [0.15, 0.2) is 0 Å². The number of rotatable bonds is 4. The lowest BCUT2D eigenvalue weighted by atomic mass is 10.1. The summed E-state index contributed by atoms with van der Waals surface area (Å²) in [6.07, 6.45) is 2.94. The highest BCUT2D eigenvalue weighted by Gasteiger charge is 2.15. The van der Waals surface area contributed by atoms with E-state index in [1.54, 1.807) is 6.20 Å². The molecule has 1 N–H and O–H groups in total. The molecule has 5 heteroatoms. The fraction of sp³-hybridized carbons (Fsp3) is 0.615. The molecule has 1 fully saturated rings. The Balaban J connectivity index is 1.96. The Morgan fingerprint density at radius 3 is 2.50 bits per heavy atom. The van der Waals surface area contributed by atoms with Crippen LogP contribution in [0.4, 0.5) is 20.3 Å². The molecule has 1 aliphatic heterocycles. The molecule has 1 aromatic rings. The van der Waals surface area contributed by atoms with Crippen molar-refractivity contribution in [2.24, 2.45) is 0 Å². The minimum atomic E-state index is -2.37. The van der Waals surface area contributed by atoms with Crippen molar-refractivity contribution in [1.82, 2.24) is 4.98 Å². The first kappa shape index (κ1) is 13.1. The summed E-state index contributed by atoms with van der Waals surface area (Å²) in [6, 6.07) is 2.86. The number of nitrogens with one attached hydrogen (secondary N) is 1. The zero-order valence-corrected chi connectivity index (χ0v) is 10.6. The highest BCUT2D eigenvalue weighted by atomic mass is 19.3. The Labute approximate surface area is 106 Å². The number of anilines is 2. The van der Waals surface area contributed by atoms with Crippen molar-refractivity contribution in [3.63, 3.8) is 0 Å². The van der Waals surface area contributed by atoms with Gasteiger partial charge in [0.05, 0.1) is 17.9 Å². The first-order valence-corrected chi connectivity index (χ1v) is 6.42. The van der Waals surface area contributed by atoms with Crippen LogP contribution in [0.2, 0.25) is 0 Å². The summed E-state index contributed by atoms with van der Waals surface area (Å²) in [5.41, 5.74) is 0.642. The van der Waals surface area contributed by atoms with E-state index in [1.165, 1.54) is 26.2 Å². The molecule has 3 nitrogen and oxygen atoms in total. The third-order valence-electron chi connectivity index (χ3n) is 3.20. The van der Waals surface area contributed by atoms with Crippen LogP contribution < -0.4 is 10.2 Å². The highest BCUT2D eigenvalue weighted by molar-refractivity contribution is 5.49. The van der Waals surface area contributed by atoms with Gasteiger partial charge in [0, 0.05) is 13.1 Å².